The molecule has 1 aromatic carbocycles. The molecule has 2 rings (SSSR count). The van der Waals surface area contributed by atoms with Crippen molar-refractivity contribution in [3.05, 3.63) is 30.3 Å². The number of anilines is 1. The van der Waals surface area contributed by atoms with Gasteiger partial charge in [-0.25, -0.2) is 0 Å². The largest absolute Gasteiger partial charge is 0.392 e. The van der Waals surface area contributed by atoms with Crippen molar-refractivity contribution in [2.75, 3.05) is 5.32 Å². The minimum atomic E-state index is -0.475. The number of aliphatic hydroxyl groups is 1. The second kappa shape index (κ2) is 5.12. The van der Waals surface area contributed by atoms with E-state index in [1.807, 2.05) is 30.3 Å². The van der Waals surface area contributed by atoms with E-state index in [1.54, 1.807) is 0 Å². The molecule has 2 N–H and O–H groups in total. The molecule has 86 valence electrons. The fourth-order valence-electron chi connectivity index (χ4n) is 2.17. The molecule has 16 heavy (non-hydrogen) atoms. The molecule has 2 atom stereocenters. The quantitative estimate of drug-likeness (QED) is 0.801. The zero-order valence-electron chi connectivity index (χ0n) is 9.23. The van der Waals surface area contributed by atoms with Crippen LogP contribution >= 0.6 is 0 Å². The lowest BCUT2D eigenvalue weighted by Crippen LogP contribution is -2.35. The normalized spacial score (nSPS) is 25.1. The Morgan fingerprint density at radius 2 is 1.88 bits per heavy atom. The van der Waals surface area contributed by atoms with E-state index in [4.69, 9.17) is 0 Å². The predicted molar refractivity (Wildman–Crippen MR) is 63.0 cm³/mol. The summed E-state index contributed by atoms with van der Waals surface area (Å²) in [6.07, 6.45) is 3.12. The average molecular weight is 219 g/mol. The standard InChI is InChI=1S/C13H17NO2/c15-12-9-5-4-8-11(12)13(16)14-10-6-2-1-3-7-10/h1-3,6-7,11-12,15H,4-5,8-9H2,(H,14,16)/t11-,12+/m1/s1. The molecule has 1 amide bonds. The third kappa shape index (κ3) is 2.61. The number of rotatable bonds is 2. The fourth-order valence-corrected chi connectivity index (χ4v) is 2.17. The summed E-state index contributed by atoms with van der Waals surface area (Å²) in [6, 6.07) is 9.38. The number of nitrogens with one attached hydrogen (secondary N) is 1. The number of amides is 1. The molecule has 0 unspecified atom stereocenters. The van der Waals surface area contributed by atoms with Crippen LogP contribution in [0.1, 0.15) is 25.7 Å². The summed E-state index contributed by atoms with van der Waals surface area (Å²) < 4.78 is 0. The van der Waals surface area contributed by atoms with Gasteiger partial charge in [0.25, 0.3) is 0 Å². The highest BCUT2D eigenvalue weighted by Crippen LogP contribution is 2.25. The molecule has 1 aliphatic rings. The van der Waals surface area contributed by atoms with Crippen LogP contribution in [0.3, 0.4) is 0 Å². The number of benzene rings is 1. The van der Waals surface area contributed by atoms with Gasteiger partial charge in [-0.15, -0.1) is 0 Å². The lowest BCUT2D eigenvalue weighted by molar-refractivity contribution is -0.124. The summed E-state index contributed by atoms with van der Waals surface area (Å²) in [7, 11) is 0. The van der Waals surface area contributed by atoms with Crippen LogP contribution in [-0.4, -0.2) is 17.1 Å². The van der Waals surface area contributed by atoms with Crippen LogP contribution in [0.2, 0.25) is 0 Å². The topological polar surface area (TPSA) is 49.3 Å². The molecule has 1 fully saturated rings. The van der Waals surface area contributed by atoms with Gasteiger partial charge in [0, 0.05) is 5.69 Å². The van der Waals surface area contributed by atoms with E-state index in [-0.39, 0.29) is 11.8 Å². The van der Waals surface area contributed by atoms with Gasteiger partial charge in [0.1, 0.15) is 0 Å². The maximum absolute atomic E-state index is 11.9. The van der Waals surface area contributed by atoms with Crippen LogP contribution < -0.4 is 5.32 Å². The predicted octanol–water partition coefficient (Wildman–Crippen LogP) is 2.18. The molecule has 1 aromatic rings. The van der Waals surface area contributed by atoms with Crippen molar-refractivity contribution in [3.63, 3.8) is 0 Å². The first-order valence-electron chi connectivity index (χ1n) is 5.81. The van der Waals surface area contributed by atoms with Gasteiger partial charge >= 0.3 is 0 Å². The molecule has 0 aromatic heterocycles. The van der Waals surface area contributed by atoms with Crippen molar-refractivity contribution < 1.29 is 9.90 Å². The highest BCUT2D eigenvalue weighted by Gasteiger charge is 2.29. The molecule has 3 nitrogen and oxygen atoms in total. The van der Waals surface area contributed by atoms with Crippen molar-refractivity contribution >= 4 is 11.6 Å². The average Bonchev–Trinajstić information content (AvgIpc) is 2.31. The Morgan fingerprint density at radius 3 is 2.56 bits per heavy atom. The minimum absolute atomic E-state index is 0.0570. The second-order valence-electron chi connectivity index (χ2n) is 4.31. The first kappa shape index (κ1) is 11.1. The SMILES string of the molecule is O=C(Nc1ccccc1)[C@@H]1CCCC[C@@H]1O. The zero-order chi connectivity index (χ0) is 11.4. The van der Waals surface area contributed by atoms with Crippen LogP contribution in [-0.2, 0) is 4.79 Å². The summed E-state index contributed by atoms with van der Waals surface area (Å²) in [4.78, 5) is 11.9. The zero-order valence-corrected chi connectivity index (χ0v) is 9.23. The molecule has 0 aliphatic heterocycles. The van der Waals surface area contributed by atoms with Gasteiger partial charge in [-0.3, -0.25) is 4.79 Å². The van der Waals surface area contributed by atoms with Crippen LogP contribution in [0.4, 0.5) is 5.69 Å². The van der Waals surface area contributed by atoms with Gasteiger partial charge in [0.05, 0.1) is 12.0 Å². The van der Waals surface area contributed by atoms with Crippen LogP contribution in [0.5, 0.6) is 0 Å². The molecule has 0 heterocycles. The van der Waals surface area contributed by atoms with Crippen LogP contribution in [0.15, 0.2) is 30.3 Å². The molecule has 0 spiro atoms. The smallest absolute Gasteiger partial charge is 0.230 e. The van der Waals surface area contributed by atoms with E-state index < -0.39 is 6.10 Å². The Bertz CT molecular complexity index is 350. The van der Waals surface area contributed by atoms with Gasteiger partial charge in [0.15, 0.2) is 0 Å². The molecule has 0 saturated heterocycles. The van der Waals surface area contributed by atoms with Gasteiger partial charge in [-0.1, -0.05) is 31.0 Å². The van der Waals surface area contributed by atoms with Gasteiger partial charge in [-0.2, -0.15) is 0 Å². The van der Waals surface area contributed by atoms with E-state index in [1.165, 1.54) is 0 Å². The van der Waals surface area contributed by atoms with E-state index in [2.05, 4.69) is 5.32 Å². The summed E-state index contributed by atoms with van der Waals surface area (Å²) >= 11 is 0. The highest BCUT2D eigenvalue weighted by molar-refractivity contribution is 5.92. The number of hydrogen-bond donors (Lipinski definition) is 2. The Kier molecular flexibility index (Phi) is 3.57. The Labute approximate surface area is 95.5 Å². The molecular formula is C13H17NO2. The van der Waals surface area contributed by atoms with Crippen molar-refractivity contribution in [2.45, 2.75) is 31.8 Å². The van der Waals surface area contributed by atoms with Crippen molar-refractivity contribution in [1.29, 1.82) is 0 Å². The Hall–Kier alpha value is -1.35. The minimum Gasteiger partial charge on any atom is -0.392 e. The third-order valence-electron chi connectivity index (χ3n) is 3.11. The van der Waals surface area contributed by atoms with Crippen LogP contribution in [0.25, 0.3) is 0 Å². The molecule has 0 bridgehead atoms. The number of aliphatic hydroxyl groups excluding tert-OH is 1. The van der Waals surface area contributed by atoms with Gasteiger partial charge in [0.2, 0.25) is 5.91 Å². The fraction of sp³-hybridized carbons (Fsp3) is 0.462. The maximum atomic E-state index is 11.9. The van der Waals surface area contributed by atoms with Gasteiger partial charge in [-0.05, 0) is 25.0 Å². The molecule has 1 aliphatic carbocycles. The monoisotopic (exact) mass is 219 g/mol. The summed E-state index contributed by atoms with van der Waals surface area (Å²) in [5.74, 6) is -0.299. The van der Waals surface area contributed by atoms with Crippen molar-refractivity contribution in [2.24, 2.45) is 5.92 Å². The van der Waals surface area contributed by atoms with Crippen molar-refractivity contribution in [1.82, 2.24) is 0 Å². The molecule has 3 heteroatoms. The summed E-state index contributed by atoms with van der Waals surface area (Å²) in [5.41, 5.74) is 0.797. The Morgan fingerprint density at radius 1 is 1.19 bits per heavy atom. The lowest BCUT2D eigenvalue weighted by Gasteiger charge is -2.26. The molecular weight excluding hydrogens is 202 g/mol. The first-order chi connectivity index (χ1) is 7.77. The second-order valence-corrected chi connectivity index (χ2v) is 4.31. The molecule has 0 radical (unpaired) electrons. The van der Waals surface area contributed by atoms with Crippen LogP contribution in [0, 0.1) is 5.92 Å². The van der Waals surface area contributed by atoms with E-state index in [0.29, 0.717) is 0 Å². The first-order valence-corrected chi connectivity index (χ1v) is 5.81. The summed E-state index contributed by atoms with van der Waals surface area (Å²) in [6.45, 7) is 0. The van der Waals surface area contributed by atoms with E-state index >= 15 is 0 Å². The molecule has 1 saturated carbocycles. The third-order valence-corrected chi connectivity index (χ3v) is 3.11. The summed E-state index contributed by atoms with van der Waals surface area (Å²) in [5, 5.41) is 12.6. The lowest BCUT2D eigenvalue weighted by atomic mass is 9.86. The number of carbonyl (C=O) groups is 1. The Balaban J connectivity index is 1.97. The van der Waals surface area contributed by atoms with Crippen molar-refractivity contribution in [3.8, 4) is 0 Å². The highest BCUT2D eigenvalue weighted by atomic mass is 16.3. The number of hydrogen-bond acceptors (Lipinski definition) is 2. The van der Waals surface area contributed by atoms with E-state index in [9.17, 15) is 9.90 Å². The number of carbonyl (C=O) groups excluding carboxylic acids is 1. The number of para-hydroxylation sites is 1. The maximum Gasteiger partial charge on any atom is 0.230 e. The van der Waals surface area contributed by atoms with Gasteiger partial charge < -0.3 is 10.4 Å². The van der Waals surface area contributed by atoms with E-state index in [0.717, 1.165) is 31.4 Å².